The van der Waals surface area contributed by atoms with Gasteiger partial charge in [0.05, 0.1) is 5.52 Å². The molecule has 2 N–H and O–H groups in total. The Morgan fingerprint density at radius 3 is 2.92 bits per heavy atom. The number of phenols is 1. The van der Waals surface area contributed by atoms with Gasteiger partial charge in [-0.25, -0.2) is 0 Å². The summed E-state index contributed by atoms with van der Waals surface area (Å²) in [7, 11) is 0. The molecule has 13 heavy (non-hydrogen) atoms. The minimum Gasteiger partial charge on any atom is -0.506 e. The van der Waals surface area contributed by atoms with Crippen molar-refractivity contribution in [3.8, 4) is 5.75 Å². The molecule has 2 rings (SSSR count). The number of aromatic nitrogens is 1. The van der Waals surface area contributed by atoms with Crippen LogP contribution in [0.4, 0.5) is 0 Å². The highest BCUT2D eigenvalue weighted by Gasteiger charge is 2.01. The quantitative estimate of drug-likeness (QED) is 0.461. The summed E-state index contributed by atoms with van der Waals surface area (Å²) in [6, 6.07) is 7.01. The highest BCUT2D eigenvalue weighted by atomic mass is 32.1. The Morgan fingerprint density at radius 2 is 2.15 bits per heavy atom. The topological polar surface area (TPSA) is 36.0 Å². The van der Waals surface area contributed by atoms with Crippen LogP contribution in [0.25, 0.3) is 10.9 Å². The number of rotatable bonds is 0. The van der Waals surface area contributed by atoms with E-state index in [2.05, 4.69) is 17.6 Å². The van der Waals surface area contributed by atoms with Gasteiger partial charge >= 0.3 is 0 Å². The van der Waals surface area contributed by atoms with Gasteiger partial charge in [0.2, 0.25) is 0 Å². The summed E-state index contributed by atoms with van der Waals surface area (Å²) in [5.41, 5.74) is 0.639. The van der Waals surface area contributed by atoms with Gasteiger partial charge in [-0.05, 0) is 12.1 Å². The van der Waals surface area contributed by atoms with Gasteiger partial charge in [-0.1, -0.05) is 24.4 Å². The molecule has 2 nitrogen and oxygen atoms in total. The third kappa shape index (κ3) is 1.43. The molecule has 1 aromatic carbocycles. The normalized spacial score (nSPS) is 10.5. The highest BCUT2D eigenvalue weighted by Crippen LogP contribution is 2.26. The molecule has 1 aromatic heterocycles. The monoisotopic (exact) mass is 209 g/mol. The molecule has 2 aromatic rings. The highest BCUT2D eigenvalue weighted by molar-refractivity contribution is 7.80. The van der Waals surface area contributed by atoms with Crippen LogP contribution in [0.1, 0.15) is 0 Å². The molecule has 0 spiro atoms. The first-order valence-corrected chi connectivity index (χ1v) is 4.58. The summed E-state index contributed by atoms with van der Waals surface area (Å²) >= 11 is 9.24. The van der Waals surface area contributed by atoms with Crippen molar-refractivity contribution < 1.29 is 5.11 Å². The first-order valence-electron chi connectivity index (χ1n) is 3.72. The molecule has 0 aliphatic rings. The number of fused-ring (bicyclic) bond motifs is 1. The van der Waals surface area contributed by atoms with Gasteiger partial charge in [0.1, 0.15) is 10.4 Å². The lowest BCUT2D eigenvalue weighted by atomic mass is 10.2. The number of aromatic amines is 1. The first-order chi connectivity index (χ1) is 6.18. The van der Waals surface area contributed by atoms with E-state index in [0.717, 1.165) is 10.3 Å². The zero-order valence-electron chi connectivity index (χ0n) is 6.61. The number of benzene rings is 1. The molecule has 0 radical (unpaired) electrons. The van der Waals surface area contributed by atoms with Crippen LogP contribution in [-0.4, -0.2) is 10.1 Å². The molecule has 0 unspecified atom stereocenters. The number of aromatic hydroxyl groups is 1. The lowest BCUT2D eigenvalue weighted by Gasteiger charge is -2.02. The molecular weight excluding hydrogens is 202 g/mol. The summed E-state index contributed by atoms with van der Waals surface area (Å²) in [5, 5.41) is 10.4. The van der Waals surface area contributed by atoms with Crippen molar-refractivity contribution in [1.29, 1.82) is 0 Å². The Hall–Kier alpha value is -1.00. The molecule has 0 saturated heterocycles. The van der Waals surface area contributed by atoms with E-state index in [-0.39, 0.29) is 5.75 Å². The lowest BCUT2D eigenvalue weighted by molar-refractivity contribution is 0.480. The summed E-state index contributed by atoms with van der Waals surface area (Å²) in [6.07, 6.45) is 0. The molecule has 0 atom stereocenters. The second-order valence-corrected chi connectivity index (χ2v) is 3.64. The van der Waals surface area contributed by atoms with Crippen LogP contribution in [0.3, 0.4) is 0 Å². The van der Waals surface area contributed by atoms with E-state index in [9.17, 15) is 5.11 Å². The van der Waals surface area contributed by atoms with E-state index < -0.39 is 0 Å². The average molecular weight is 209 g/mol. The van der Waals surface area contributed by atoms with Crippen molar-refractivity contribution in [3.05, 3.63) is 28.9 Å². The van der Waals surface area contributed by atoms with E-state index >= 15 is 0 Å². The maximum atomic E-state index is 9.51. The molecule has 0 saturated carbocycles. The molecule has 0 fully saturated rings. The Morgan fingerprint density at radius 1 is 1.38 bits per heavy atom. The Balaban J connectivity index is 3.03. The van der Waals surface area contributed by atoms with Crippen molar-refractivity contribution in [1.82, 2.24) is 4.98 Å². The average Bonchev–Trinajstić information content (AvgIpc) is 2.07. The van der Waals surface area contributed by atoms with Crippen molar-refractivity contribution >= 4 is 35.7 Å². The molecule has 0 aliphatic carbocycles. The molecule has 0 amide bonds. The zero-order chi connectivity index (χ0) is 9.42. The van der Waals surface area contributed by atoms with E-state index in [4.69, 9.17) is 12.2 Å². The second kappa shape index (κ2) is 3.05. The fraction of sp³-hybridized carbons (Fsp3) is 0. The van der Waals surface area contributed by atoms with Gasteiger partial charge in [-0.15, -0.1) is 12.6 Å². The Labute approximate surface area is 85.6 Å². The van der Waals surface area contributed by atoms with Gasteiger partial charge in [0, 0.05) is 10.3 Å². The standard InChI is InChI=1S/C9H7NOS2/c11-6-3-1-2-5-7(12)4-8(13)10-9(5)6/h1-4,11H,(H2,10,12,13). The van der Waals surface area contributed by atoms with Crippen LogP contribution in [0.5, 0.6) is 5.75 Å². The largest absolute Gasteiger partial charge is 0.506 e. The van der Waals surface area contributed by atoms with E-state index in [0.29, 0.717) is 10.2 Å². The minimum atomic E-state index is 0.194. The van der Waals surface area contributed by atoms with Crippen LogP contribution in [-0.2, 0) is 0 Å². The number of hydrogen-bond donors (Lipinski definition) is 3. The lowest BCUT2D eigenvalue weighted by Crippen LogP contribution is -1.81. The number of phenolic OH excluding ortho intramolecular Hbond substituents is 1. The summed E-state index contributed by atoms with van der Waals surface area (Å²) in [4.78, 5) is 3.69. The van der Waals surface area contributed by atoms with Gasteiger partial charge in [-0.3, -0.25) is 0 Å². The van der Waals surface area contributed by atoms with E-state index in [1.807, 2.05) is 6.07 Å². The number of para-hydroxylation sites is 1. The summed E-state index contributed by atoms with van der Waals surface area (Å²) in [6.45, 7) is 0. The first kappa shape index (κ1) is 8.59. The van der Waals surface area contributed by atoms with E-state index in [1.54, 1.807) is 18.2 Å². The zero-order valence-corrected chi connectivity index (χ0v) is 8.32. The number of pyridine rings is 1. The summed E-state index contributed by atoms with van der Waals surface area (Å²) in [5.74, 6) is 0.194. The van der Waals surface area contributed by atoms with Gasteiger partial charge in [-0.2, -0.15) is 0 Å². The maximum Gasteiger partial charge on any atom is 0.139 e. The van der Waals surface area contributed by atoms with Crippen molar-refractivity contribution in [2.45, 2.75) is 4.90 Å². The van der Waals surface area contributed by atoms with Crippen LogP contribution in [0.15, 0.2) is 29.2 Å². The Bertz CT molecular complexity index is 518. The fourth-order valence-electron chi connectivity index (χ4n) is 1.25. The molecule has 1 heterocycles. The number of H-pyrrole nitrogens is 1. The van der Waals surface area contributed by atoms with Crippen LogP contribution in [0.2, 0.25) is 0 Å². The molecule has 0 bridgehead atoms. The second-order valence-electron chi connectivity index (χ2n) is 2.72. The smallest absolute Gasteiger partial charge is 0.139 e. The van der Waals surface area contributed by atoms with Crippen molar-refractivity contribution in [2.75, 3.05) is 0 Å². The van der Waals surface area contributed by atoms with Crippen LogP contribution >= 0.6 is 24.8 Å². The van der Waals surface area contributed by atoms with Gasteiger partial charge < -0.3 is 10.1 Å². The number of nitrogens with one attached hydrogen (secondary N) is 1. The van der Waals surface area contributed by atoms with Crippen LogP contribution < -0.4 is 0 Å². The van der Waals surface area contributed by atoms with Gasteiger partial charge in [0.25, 0.3) is 0 Å². The molecular formula is C9H7NOS2. The van der Waals surface area contributed by atoms with Crippen molar-refractivity contribution in [2.24, 2.45) is 0 Å². The Kier molecular flexibility index (Phi) is 2.01. The minimum absolute atomic E-state index is 0.194. The molecule has 66 valence electrons. The van der Waals surface area contributed by atoms with Crippen LogP contribution in [0, 0.1) is 4.64 Å². The fourth-order valence-corrected chi connectivity index (χ4v) is 1.87. The SMILES string of the molecule is Oc1cccc2c(S)cc(=S)[nH]c12. The summed E-state index contributed by atoms with van der Waals surface area (Å²) < 4.78 is 0.569. The predicted octanol–water partition coefficient (Wildman–Crippen LogP) is 2.89. The third-order valence-corrected chi connectivity index (χ3v) is 2.42. The van der Waals surface area contributed by atoms with Gasteiger partial charge in [0.15, 0.2) is 0 Å². The number of hydrogen-bond acceptors (Lipinski definition) is 3. The third-order valence-electron chi connectivity index (χ3n) is 1.83. The predicted molar refractivity (Wildman–Crippen MR) is 58.0 cm³/mol. The maximum absolute atomic E-state index is 9.51. The van der Waals surface area contributed by atoms with E-state index in [1.165, 1.54) is 0 Å². The molecule has 0 aliphatic heterocycles. The number of thiol groups is 1. The molecule has 4 heteroatoms. The van der Waals surface area contributed by atoms with Crippen molar-refractivity contribution in [3.63, 3.8) is 0 Å².